The van der Waals surface area contributed by atoms with Gasteiger partial charge in [0, 0.05) is 13.1 Å². The Hall–Kier alpha value is -1.13. The first-order valence-corrected chi connectivity index (χ1v) is 9.22. The van der Waals surface area contributed by atoms with Crippen LogP contribution in [0.15, 0.2) is 40.3 Å². The number of piperidine rings is 1. The SMILES string of the molecule is CC(C)c1ccc(S(=O)(=O)N2CCC(=C3CC3)CC2)cc1. The molecule has 1 aliphatic heterocycles. The predicted octanol–water partition coefficient (Wildman–Crippen LogP) is 3.68. The van der Waals surface area contributed by atoms with Crippen molar-refractivity contribution in [3.8, 4) is 0 Å². The van der Waals surface area contributed by atoms with Crippen LogP contribution in [0.1, 0.15) is 51.0 Å². The van der Waals surface area contributed by atoms with Crippen molar-refractivity contribution in [2.75, 3.05) is 13.1 Å². The highest BCUT2D eigenvalue weighted by Gasteiger charge is 2.29. The Balaban J connectivity index is 1.76. The zero-order valence-electron chi connectivity index (χ0n) is 12.8. The number of hydrogen-bond acceptors (Lipinski definition) is 2. The van der Waals surface area contributed by atoms with Crippen molar-refractivity contribution in [2.24, 2.45) is 0 Å². The first-order valence-electron chi connectivity index (χ1n) is 7.78. The van der Waals surface area contributed by atoms with Gasteiger partial charge in [0.25, 0.3) is 0 Å². The van der Waals surface area contributed by atoms with Gasteiger partial charge in [0.2, 0.25) is 10.0 Å². The molecule has 0 unspecified atom stereocenters. The van der Waals surface area contributed by atoms with E-state index in [9.17, 15) is 8.42 Å². The van der Waals surface area contributed by atoms with Crippen LogP contribution in [0.2, 0.25) is 0 Å². The number of allylic oxidation sites excluding steroid dienone is 1. The normalized spacial score (nSPS) is 20.1. The number of rotatable bonds is 3. The number of benzene rings is 1. The van der Waals surface area contributed by atoms with Crippen molar-refractivity contribution < 1.29 is 8.42 Å². The van der Waals surface area contributed by atoms with Crippen molar-refractivity contribution >= 4 is 10.0 Å². The van der Waals surface area contributed by atoms with Crippen molar-refractivity contribution in [2.45, 2.75) is 50.3 Å². The van der Waals surface area contributed by atoms with E-state index in [1.165, 1.54) is 24.0 Å². The van der Waals surface area contributed by atoms with E-state index in [1.807, 2.05) is 12.1 Å². The Bertz CT molecular complexity index is 641. The molecule has 1 aromatic carbocycles. The summed E-state index contributed by atoms with van der Waals surface area (Å²) in [5.41, 5.74) is 4.26. The standard InChI is InChI=1S/C17H23NO2S/c1-13(2)14-5-7-17(8-6-14)21(19,20)18-11-9-16(10-12-18)15-3-4-15/h5-8,13H,3-4,9-12H2,1-2H3. The molecule has 0 N–H and O–H groups in total. The van der Waals surface area contributed by atoms with Gasteiger partial charge in [-0.25, -0.2) is 8.42 Å². The largest absolute Gasteiger partial charge is 0.243 e. The summed E-state index contributed by atoms with van der Waals surface area (Å²) < 4.78 is 27.0. The Morgan fingerprint density at radius 1 is 0.905 bits per heavy atom. The lowest BCUT2D eigenvalue weighted by Gasteiger charge is -2.27. The molecular formula is C17H23NO2S. The second-order valence-corrected chi connectivity index (χ2v) is 8.27. The Morgan fingerprint density at radius 3 is 1.90 bits per heavy atom. The first kappa shape index (κ1) is 14.8. The maximum Gasteiger partial charge on any atom is 0.243 e. The van der Waals surface area contributed by atoms with Crippen molar-refractivity contribution in [3.05, 3.63) is 41.0 Å². The predicted molar refractivity (Wildman–Crippen MR) is 84.8 cm³/mol. The Kier molecular flexibility index (Phi) is 3.93. The molecule has 0 spiro atoms. The van der Waals surface area contributed by atoms with Crippen LogP contribution in [0.5, 0.6) is 0 Å². The number of nitrogens with zero attached hydrogens (tertiary/aromatic N) is 1. The van der Waals surface area contributed by atoms with E-state index >= 15 is 0 Å². The lowest BCUT2D eigenvalue weighted by atomic mass is 10.0. The van der Waals surface area contributed by atoms with Gasteiger partial charge < -0.3 is 0 Å². The Labute approximate surface area is 127 Å². The lowest BCUT2D eigenvalue weighted by Crippen LogP contribution is -2.36. The van der Waals surface area contributed by atoms with Gasteiger partial charge in [-0.15, -0.1) is 0 Å². The van der Waals surface area contributed by atoms with Crippen LogP contribution in [0.3, 0.4) is 0 Å². The third kappa shape index (κ3) is 3.06. The van der Waals surface area contributed by atoms with E-state index in [0.717, 1.165) is 12.8 Å². The van der Waals surface area contributed by atoms with Crippen LogP contribution < -0.4 is 0 Å². The van der Waals surface area contributed by atoms with E-state index in [-0.39, 0.29) is 0 Å². The highest BCUT2D eigenvalue weighted by atomic mass is 32.2. The second kappa shape index (κ2) is 5.58. The van der Waals surface area contributed by atoms with E-state index in [0.29, 0.717) is 23.9 Å². The van der Waals surface area contributed by atoms with Crippen LogP contribution in [0, 0.1) is 0 Å². The summed E-state index contributed by atoms with van der Waals surface area (Å²) in [6.07, 6.45) is 4.30. The quantitative estimate of drug-likeness (QED) is 0.799. The molecule has 3 rings (SSSR count). The number of sulfonamides is 1. The summed E-state index contributed by atoms with van der Waals surface area (Å²) in [6.45, 7) is 5.49. The third-order valence-corrected chi connectivity index (χ3v) is 6.42. The van der Waals surface area contributed by atoms with Crippen molar-refractivity contribution in [1.29, 1.82) is 0 Å². The van der Waals surface area contributed by atoms with Crippen LogP contribution in [0.25, 0.3) is 0 Å². The van der Waals surface area contributed by atoms with Crippen molar-refractivity contribution in [1.82, 2.24) is 4.31 Å². The summed E-state index contributed by atoms with van der Waals surface area (Å²) in [5.74, 6) is 0.421. The molecule has 1 heterocycles. The highest BCUT2D eigenvalue weighted by molar-refractivity contribution is 7.89. The molecule has 1 aromatic rings. The molecule has 1 saturated heterocycles. The van der Waals surface area contributed by atoms with E-state index in [4.69, 9.17) is 0 Å². The minimum Gasteiger partial charge on any atom is -0.207 e. The van der Waals surface area contributed by atoms with Crippen LogP contribution in [-0.4, -0.2) is 25.8 Å². The van der Waals surface area contributed by atoms with E-state index in [1.54, 1.807) is 22.0 Å². The highest BCUT2D eigenvalue weighted by Crippen LogP contribution is 2.36. The average molecular weight is 305 g/mol. The third-order valence-electron chi connectivity index (χ3n) is 4.51. The molecular weight excluding hydrogens is 282 g/mol. The van der Waals surface area contributed by atoms with Gasteiger partial charge >= 0.3 is 0 Å². The molecule has 0 bridgehead atoms. The Morgan fingerprint density at radius 2 is 1.43 bits per heavy atom. The molecule has 3 nitrogen and oxygen atoms in total. The maximum atomic E-state index is 12.7. The molecule has 0 atom stereocenters. The average Bonchev–Trinajstić information content (AvgIpc) is 3.32. The minimum atomic E-state index is -3.32. The van der Waals surface area contributed by atoms with E-state index < -0.39 is 10.0 Å². The van der Waals surface area contributed by atoms with Gasteiger partial charge in [0.05, 0.1) is 4.90 Å². The molecule has 114 valence electrons. The molecule has 2 fully saturated rings. The molecule has 0 amide bonds. The summed E-state index contributed by atoms with van der Waals surface area (Å²) in [6, 6.07) is 7.36. The summed E-state index contributed by atoms with van der Waals surface area (Å²) >= 11 is 0. The molecule has 1 saturated carbocycles. The van der Waals surface area contributed by atoms with Gasteiger partial charge in [-0.2, -0.15) is 4.31 Å². The van der Waals surface area contributed by atoms with Crippen LogP contribution >= 0.6 is 0 Å². The summed E-state index contributed by atoms with van der Waals surface area (Å²) in [7, 11) is -3.32. The molecule has 1 aliphatic carbocycles. The fourth-order valence-electron chi connectivity index (χ4n) is 2.94. The monoisotopic (exact) mass is 305 g/mol. The lowest BCUT2D eigenvalue weighted by molar-refractivity contribution is 0.386. The molecule has 0 radical (unpaired) electrons. The molecule has 2 aliphatic rings. The van der Waals surface area contributed by atoms with E-state index in [2.05, 4.69) is 13.8 Å². The van der Waals surface area contributed by atoms with Gasteiger partial charge in [0.15, 0.2) is 0 Å². The van der Waals surface area contributed by atoms with Gasteiger partial charge in [0.1, 0.15) is 0 Å². The zero-order valence-corrected chi connectivity index (χ0v) is 13.6. The van der Waals surface area contributed by atoms with Gasteiger partial charge in [-0.1, -0.05) is 37.1 Å². The van der Waals surface area contributed by atoms with Crippen molar-refractivity contribution in [3.63, 3.8) is 0 Å². The van der Waals surface area contributed by atoms with Gasteiger partial charge in [-0.05, 0) is 49.3 Å². The number of hydrogen-bond donors (Lipinski definition) is 0. The summed E-state index contributed by atoms with van der Waals surface area (Å²) in [4.78, 5) is 0.425. The van der Waals surface area contributed by atoms with Gasteiger partial charge in [-0.3, -0.25) is 0 Å². The molecule has 0 aromatic heterocycles. The molecule has 21 heavy (non-hydrogen) atoms. The topological polar surface area (TPSA) is 37.4 Å². The van der Waals surface area contributed by atoms with Crippen LogP contribution in [-0.2, 0) is 10.0 Å². The smallest absolute Gasteiger partial charge is 0.207 e. The molecule has 4 heteroatoms. The fourth-order valence-corrected chi connectivity index (χ4v) is 4.38. The second-order valence-electron chi connectivity index (χ2n) is 6.33. The summed E-state index contributed by atoms with van der Waals surface area (Å²) in [5, 5.41) is 0. The fraction of sp³-hybridized carbons (Fsp3) is 0.529. The zero-order chi connectivity index (χ0) is 15.0. The maximum absolute atomic E-state index is 12.7. The first-order chi connectivity index (χ1) is 9.98. The minimum absolute atomic E-state index is 0.421. The van der Waals surface area contributed by atoms with Crippen LogP contribution in [0.4, 0.5) is 0 Å².